The van der Waals surface area contributed by atoms with E-state index >= 15 is 0 Å². The van der Waals surface area contributed by atoms with Gasteiger partial charge < -0.3 is 14.9 Å². The molecule has 2 aliphatic rings. The van der Waals surface area contributed by atoms with E-state index in [1.165, 1.54) is 0 Å². The van der Waals surface area contributed by atoms with Crippen LogP contribution in [0.25, 0.3) is 0 Å². The predicted molar refractivity (Wildman–Crippen MR) is 90.3 cm³/mol. The van der Waals surface area contributed by atoms with Gasteiger partial charge in [-0.2, -0.15) is 0 Å². The highest BCUT2D eigenvalue weighted by Crippen LogP contribution is 2.47. The Labute approximate surface area is 144 Å². The zero-order valence-corrected chi connectivity index (χ0v) is 15.1. The Balaban J connectivity index is 1.93. The number of carboxylic acids is 1. The molecule has 0 aromatic heterocycles. The van der Waals surface area contributed by atoms with Crippen molar-refractivity contribution in [3.05, 3.63) is 0 Å². The topological polar surface area (TPSA) is 77.9 Å². The van der Waals surface area contributed by atoms with Gasteiger partial charge in [0.2, 0.25) is 11.8 Å². The van der Waals surface area contributed by atoms with Gasteiger partial charge >= 0.3 is 5.97 Å². The Morgan fingerprint density at radius 2 is 1.92 bits per heavy atom. The third-order valence-electron chi connectivity index (χ3n) is 5.41. The van der Waals surface area contributed by atoms with E-state index in [9.17, 15) is 14.4 Å². The highest BCUT2D eigenvalue weighted by atomic mass is 16.4. The highest BCUT2D eigenvalue weighted by Gasteiger charge is 2.46. The van der Waals surface area contributed by atoms with Crippen molar-refractivity contribution in [1.29, 1.82) is 0 Å². The van der Waals surface area contributed by atoms with Crippen molar-refractivity contribution in [3.8, 4) is 0 Å². The largest absolute Gasteiger partial charge is 0.481 e. The van der Waals surface area contributed by atoms with Crippen LogP contribution in [0.4, 0.5) is 0 Å². The van der Waals surface area contributed by atoms with E-state index in [-0.39, 0.29) is 30.3 Å². The molecular weight excluding hydrogens is 308 g/mol. The second-order valence-corrected chi connectivity index (χ2v) is 7.91. The molecule has 0 radical (unpaired) electrons. The summed E-state index contributed by atoms with van der Waals surface area (Å²) in [7, 11) is 1.69. The van der Waals surface area contributed by atoms with Crippen molar-refractivity contribution in [2.75, 3.05) is 26.7 Å². The van der Waals surface area contributed by atoms with Crippen LogP contribution in [0.1, 0.15) is 52.4 Å². The molecule has 6 nitrogen and oxygen atoms in total. The number of hydrogen-bond donors (Lipinski definition) is 1. The van der Waals surface area contributed by atoms with Gasteiger partial charge in [-0.25, -0.2) is 0 Å². The van der Waals surface area contributed by atoms with Gasteiger partial charge in [0, 0.05) is 25.6 Å². The lowest BCUT2D eigenvalue weighted by Crippen LogP contribution is -2.51. The lowest BCUT2D eigenvalue weighted by Gasteiger charge is -2.44. The van der Waals surface area contributed by atoms with Gasteiger partial charge in [-0.3, -0.25) is 14.4 Å². The lowest BCUT2D eigenvalue weighted by molar-refractivity contribution is -0.153. The summed E-state index contributed by atoms with van der Waals surface area (Å²) >= 11 is 0. The van der Waals surface area contributed by atoms with E-state index in [2.05, 4.69) is 13.8 Å². The van der Waals surface area contributed by atoms with E-state index in [0.717, 1.165) is 25.7 Å². The Hall–Kier alpha value is -1.59. The Morgan fingerprint density at radius 1 is 1.25 bits per heavy atom. The van der Waals surface area contributed by atoms with Gasteiger partial charge in [-0.15, -0.1) is 0 Å². The third kappa shape index (κ3) is 4.08. The normalized spacial score (nSPS) is 22.8. The molecule has 1 aliphatic carbocycles. The summed E-state index contributed by atoms with van der Waals surface area (Å²) in [6, 6.07) is 0. The van der Waals surface area contributed by atoms with Crippen LogP contribution in [0.2, 0.25) is 0 Å². The number of nitrogens with zero attached hydrogens (tertiary/aromatic N) is 2. The van der Waals surface area contributed by atoms with Crippen LogP contribution in [-0.2, 0) is 14.4 Å². The Kier molecular flexibility index (Phi) is 5.88. The van der Waals surface area contributed by atoms with Crippen molar-refractivity contribution in [2.45, 2.75) is 52.4 Å². The van der Waals surface area contributed by atoms with Gasteiger partial charge in [0.1, 0.15) is 0 Å². The minimum atomic E-state index is -0.845. The van der Waals surface area contributed by atoms with Crippen LogP contribution >= 0.6 is 0 Å². The quantitative estimate of drug-likeness (QED) is 0.803. The molecule has 6 heteroatoms. The molecule has 0 bridgehead atoms. The van der Waals surface area contributed by atoms with E-state index < -0.39 is 11.9 Å². The van der Waals surface area contributed by atoms with Crippen LogP contribution in [-0.4, -0.2) is 59.4 Å². The van der Waals surface area contributed by atoms with Crippen molar-refractivity contribution < 1.29 is 19.5 Å². The number of piperidine rings is 1. The van der Waals surface area contributed by atoms with Gasteiger partial charge in [-0.05, 0) is 38.0 Å². The van der Waals surface area contributed by atoms with Gasteiger partial charge in [0.25, 0.3) is 0 Å². The molecular formula is C18H30N2O4. The maximum Gasteiger partial charge on any atom is 0.308 e. The minimum absolute atomic E-state index is 0.0466. The number of carbonyl (C=O) groups excluding carboxylic acids is 2. The first-order valence-corrected chi connectivity index (χ1v) is 9.01. The summed E-state index contributed by atoms with van der Waals surface area (Å²) < 4.78 is 0. The number of carboxylic acid groups (broad SMARTS) is 1. The first-order chi connectivity index (χ1) is 11.2. The maximum atomic E-state index is 12.8. The molecule has 1 aliphatic heterocycles. The zero-order chi connectivity index (χ0) is 17.9. The minimum Gasteiger partial charge on any atom is -0.481 e. The van der Waals surface area contributed by atoms with E-state index in [1.807, 2.05) is 0 Å². The van der Waals surface area contributed by atoms with Crippen molar-refractivity contribution in [3.63, 3.8) is 0 Å². The molecule has 1 unspecified atom stereocenters. The molecule has 0 spiro atoms. The summed E-state index contributed by atoms with van der Waals surface area (Å²) in [6.07, 6.45) is 5.09. The van der Waals surface area contributed by atoms with Gasteiger partial charge in [0.15, 0.2) is 0 Å². The van der Waals surface area contributed by atoms with E-state index in [1.54, 1.807) is 16.8 Å². The second-order valence-electron chi connectivity index (χ2n) is 7.91. The Morgan fingerprint density at radius 3 is 2.42 bits per heavy atom. The smallest absolute Gasteiger partial charge is 0.308 e. The number of amides is 2. The number of likely N-dealkylation sites (tertiary alicyclic amines) is 1. The molecule has 136 valence electrons. The molecule has 24 heavy (non-hydrogen) atoms. The number of aliphatic carboxylic acids is 1. The fourth-order valence-corrected chi connectivity index (χ4v) is 4.08. The second kappa shape index (κ2) is 7.53. The highest BCUT2D eigenvalue weighted by molar-refractivity contribution is 5.88. The molecule has 2 rings (SSSR count). The van der Waals surface area contributed by atoms with Crippen molar-refractivity contribution in [1.82, 2.24) is 9.80 Å². The summed E-state index contributed by atoms with van der Waals surface area (Å²) in [4.78, 5) is 39.6. The molecule has 0 aromatic rings. The summed E-state index contributed by atoms with van der Waals surface area (Å²) in [5.41, 5.74) is -0.283. The number of carbonyl (C=O) groups is 3. The van der Waals surface area contributed by atoms with E-state index in [4.69, 9.17) is 5.11 Å². The standard InChI is InChI=1S/C18H30N2O4/c1-13(2)10-18(7-5-8-18)17(24)19(3)12-15(21)20-9-4-6-14(11-20)16(22)23/h13-14H,4-12H2,1-3H3,(H,22,23). The number of hydrogen-bond acceptors (Lipinski definition) is 3. The van der Waals surface area contributed by atoms with Crippen LogP contribution in [0.3, 0.4) is 0 Å². The van der Waals surface area contributed by atoms with Crippen molar-refractivity contribution in [2.24, 2.45) is 17.3 Å². The number of likely N-dealkylation sites (N-methyl/N-ethyl adjacent to an activating group) is 1. The van der Waals surface area contributed by atoms with Crippen LogP contribution in [0.15, 0.2) is 0 Å². The first kappa shape index (κ1) is 18.7. The molecule has 1 saturated carbocycles. The summed E-state index contributed by atoms with van der Waals surface area (Å²) in [6.45, 7) is 5.14. The molecule has 1 N–H and O–H groups in total. The van der Waals surface area contributed by atoms with Gasteiger partial charge in [-0.1, -0.05) is 20.3 Å². The fourth-order valence-electron chi connectivity index (χ4n) is 4.08. The average Bonchev–Trinajstić information content (AvgIpc) is 2.50. The first-order valence-electron chi connectivity index (χ1n) is 9.01. The van der Waals surface area contributed by atoms with Gasteiger partial charge in [0.05, 0.1) is 12.5 Å². The summed E-state index contributed by atoms with van der Waals surface area (Å²) in [5, 5.41) is 9.14. The van der Waals surface area contributed by atoms with Crippen LogP contribution in [0, 0.1) is 17.3 Å². The monoisotopic (exact) mass is 338 g/mol. The third-order valence-corrected chi connectivity index (χ3v) is 5.41. The molecule has 1 heterocycles. The van der Waals surface area contributed by atoms with Crippen LogP contribution in [0.5, 0.6) is 0 Å². The average molecular weight is 338 g/mol. The molecule has 0 aromatic carbocycles. The number of rotatable bonds is 6. The summed E-state index contributed by atoms with van der Waals surface area (Å²) in [5.74, 6) is -0.944. The maximum absolute atomic E-state index is 12.8. The predicted octanol–water partition coefficient (Wildman–Crippen LogP) is 1.98. The zero-order valence-electron chi connectivity index (χ0n) is 15.1. The van der Waals surface area contributed by atoms with Crippen LogP contribution < -0.4 is 0 Å². The molecule has 2 amide bonds. The SMILES string of the molecule is CC(C)CC1(C(=O)N(C)CC(=O)N2CCCC(C(=O)O)C2)CCC1. The molecule has 2 fully saturated rings. The molecule has 1 atom stereocenters. The Bertz CT molecular complexity index is 499. The molecule has 1 saturated heterocycles. The lowest BCUT2D eigenvalue weighted by atomic mass is 9.63. The van der Waals surface area contributed by atoms with E-state index in [0.29, 0.717) is 25.3 Å². The fraction of sp³-hybridized carbons (Fsp3) is 0.833. The van der Waals surface area contributed by atoms with Crippen molar-refractivity contribution >= 4 is 17.8 Å².